The summed E-state index contributed by atoms with van der Waals surface area (Å²) in [6.45, 7) is 17.5. The van der Waals surface area contributed by atoms with E-state index in [0.717, 1.165) is 75.5 Å². The zero-order valence-electron chi connectivity index (χ0n) is 36.8. The highest BCUT2D eigenvalue weighted by molar-refractivity contribution is 6.23. The molecule has 1 fully saturated rings. The maximum atomic E-state index is 15.1. The lowest BCUT2D eigenvalue weighted by molar-refractivity contribution is -0.130. The molecular formula is C46H62N8O7. The number of H-pyrrole nitrogens is 2. The molecule has 4 aliphatic rings. The monoisotopic (exact) mass is 838 g/mol. The van der Waals surface area contributed by atoms with E-state index in [0.29, 0.717) is 80.4 Å². The summed E-state index contributed by atoms with van der Waals surface area (Å²) in [5, 5.41) is 9.56. The summed E-state index contributed by atoms with van der Waals surface area (Å²) in [7, 11) is 1.68. The molecule has 3 aromatic heterocycles. The van der Waals surface area contributed by atoms with Crippen molar-refractivity contribution in [3.63, 3.8) is 0 Å². The Labute approximate surface area is 357 Å². The number of nitrogens with one attached hydrogen (secondary N) is 2. The summed E-state index contributed by atoms with van der Waals surface area (Å²) in [6, 6.07) is 6.13. The maximum absolute atomic E-state index is 15.1. The zero-order valence-corrected chi connectivity index (χ0v) is 36.8. The third kappa shape index (κ3) is 8.82. The molecule has 1 unspecified atom stereocenters. The molecule has 0 saturated carbocycles. The van der Waals surface area contributed by atoms with Crippen LogP contribution in [0.25, 0.3) is 33.2 Å². The molecule has 7 rings (SSSR count). The number of imide groups is 1. The number of aryl methyl sites for hydroxylation is 2. The smallest absolute Gasteiger partial charge is 0.264 e. The number of aromatic amines is 2. The predicted molar refractivity (Wildman–Crippen MR) is 235 cm³/mol. The molecule has 0 aromatic carbocycles. The van der Waals surface area contributed by atoms with E-state index in [4.69, 9.17) is 29.9 Å². The van der Waals surface area contributed by atoms with E-state index in [1.54, 1.807) is 7.05 Å². The topological polar surface area (TPSA) is 192 Å². The molecule has 0 radical (unpaired) electrons. The maximum Gasteiger partial charge on any atom is 0.264 e. The number of nitrogens with zero attached hydrogens (tertiary/aromatic N) is 5. The molecule has 1 saturated heterocycles. The molecule has 328 valence electrons. The van der Waals surface area contributed by atoms with Crippen LogP contribution in [-0.2, 0) is 19.0 Å². The third-order valence-corrected chi connectivity index (χ3v) is 12.9. The van der Waals surface area contributed by atoms with Crippen LogP contribution in [0.3, 0.4) is 0 Å². The van der Waals surface area contributed by atoms with E-state index in [-0.39, 0.29) is 55.9 Å². The molecule has 3 atom stereocenters. The second-order valence-electron chi connectivity index (χ2n) is 16.6. The SMILES string of the molecule is CCC1=C(C)c2cc3[nH]c(cc4nc(c5c6[nH]c(cc1n2)c(C)c6C(=O)N(CCN1CCOCC1)C5=O)[C@@H](CCC(=O)N(C)CCO)[C@@H]4C)c(C)c3C(C)OCCOCCN. The van der Waals surface area contributed by atoms with Crippen molar-refractivity contribution in [2.24, 2.45) is 5.73 Å². The van der Waals surface area contributed by atoms with Crippen LogP contribution in [0.2, 0.25) is 0 Å². The summed E-state index contributed by atoms with van der Waals surface area (Å²) in [4.78, 5) is 65.9. The summed E-state index contributed by atoms with van der Waals surface area (Å²) in [5.41, 5.74) is 17.0. The lowest BCUT2D eigenvalue weighted by Gasteiger charge is -2.31. The minimum atomic E-state index is -0.406. The standard InChI is InChI=1S/C46H62N8O7/c1-8-31-26(2)33-25-38-40(30(6)61-22-21-59-18-11-47)28(4)35(49-38)23-34-27(3)32(9-10-39(56)52(7)14-17-55)43(50-34)42-44-41(29(5)36(51-44)24-37(31)48-33)45(57)54(46(42)58)13-12-53-15-19-60-20-16-53/h23-25,27,30,32,49,51,55H,8-22,47H2,1-7H3/t27-,30?,32-/m0/s1. The van der Waals surface area contributed by atoms with Crippen LogP contribution >= 0.6 is 0 Å². The Hall–Kier alpha value is -4.77. The van der Waals surface area contributed by atoms with Crippen LogP contribution in [0, 0.1) is 13.8 Å². The van der Waals surface area contributed by atoms with Gasteiger partial charge in [-0.3, -0.25) is 29.2 Å². The van der Waals surface area contributed by atoms with E-state index < -0.39 is 5.91 Å². The average molecular weight is 839 g/mol. The van der Waals surface area contributed by atoms with Crippen molar-refractivity contribution in [2.45, 2.75) is 78.7 Å². The van der Waals surface area contributed by atoms with E-state index in [1.807, 2.05) is 26.0 Å². The Morgan fingerprint density at radius 1 is 0.984 bits per heavy atom. The van der Waals surface area contributed by atoms with Crippen LogP contribution in [0.15, 0.2) is 18.2 Å². The van der Waals surface area contributed by atoms with Gasteiger partial charge in [0.2, 0.25) is 5.91 Å². The van der Waals surface area contributed by atoms with E-state index in [2.05, 4.69) is 48.6 Å². The van der Waals surface area contributed by atoms with Crippen LogP contribution < -0.4 is 5.73 Å². The fourth-order valence-corrected chi connectivity index (χ4v) is 9.23. The molecule has 15 heteroatoms. The number of likely N-dealkylation sites (N-methyl/N-ethyl adjacent to an activating group) is 1. The third-order valence-electron chi connectivity index (χ3n) is 12.9. The minimum absolute atomic E-state index is 0.108. The largest absolute Gasteiger partial charge is 0.395 e. The Morgan fingerprint density at radius 2 is 1.70 bits per heavy atom. The van der Waals surface area contributed by atoms with Gasteiger partial charge >= 0.3 is 0 Å². The highest BCUT2D eigenvalue weighted by atomic mass is 16.5. The first kappa shape index (κ1) is 44.3. The van der Waals surface area contributed by atoms with Gasteiger partial charge in [-0.05, 0) is 81.0 Å². The predicted octanol–water partition coefficient (Wildman–Crippen LogP) is 5.37. The quantitative estimate of drug-likeness (QED) is 0.107. The van der Waals surface area contributed by atoms with Gasteiger partial charge in [0.15, 0.2) is 0 Å². The van der Waals surface area contributed by atoms with Gasteiger partial charge in [0.1, 0.15) is 0 Å². The van der Waals surface area contributed by atoms with E-state index >= 15 is 4.79 Å². The number of aliphatic hydroxyl groups excluding tert-OH is 1. The van der Waals surface area contributed by atoms with Crippen molar-refractivity contribution in [1.29, 1.82) is 0 Å². The second-order valence-corrected chi connectivity index (χ2v) is 16.6. The van der Waals surface area contributed by atoms with Crippen LogP contribution in [0.1, 0.15) is 125 Å². The lowest BCUT2D eigenvalue weighted by atomic mass is 9.84. The van der Waals surface area contributed by atoms with Gasteiger partial charge in [0.25, 0.3) is 11.8 Å². The van der Waals surface area contributed by atoms with E-state index in [1.165, 1.54) is 9.80 Å². The number of aromatic nitrogens is 4. The molecule has 4 aliphatic heterocycles. The Bertz CT molecular complexity index is 2360. The van der Waals surface area contributed by atoms with Crippen molar-refractivity contribution in [3.05, 3.63) is 68.8 Å². The summed E-state index contributed by atoms with van der Waals surface area (Å²) in [6.07, 6.45) is 1.03. The molecule has 61 heavy (non-hydrogen) atoms. The zero-order chi connectivity index (χ0) is 43.5. The summed E-state index contributed by atoms with van der Waals surface area (Å²) >= 11 is 0. The number of allylic oxidation sites excluding steroid dienone is 2. The number of carbonyl (C=O) groups excluding carboxylic acids is 3. The Morgan fingerprint density at radius 3 is 2.43 bits per heavy atom. The normalized spacial score (nSPS) is 18.7. The summed E-state index contributed by atoms with van der Waals surface area (Å²) < 4.78 is 17.5. The van der Waals surface area contributed by atoms with Crippen molar-refractivity contribution in [3.8, 4) is 0 Å². The molecule has 5 N–H and O–H groups in total. The number of fused-ring (bicyclic) bond motifs is 8. The van der Waals surface area contributed by atoms with Crippen molar-refractivity contribution in [1.82, 2.24) is 34.6 Å². The number of morpholine rings is 1. The highest BCUT2D eigenvalue weighted by Gasteiger charge is 2.41. The van der Waals surface area contributed by atoms with Gasteiger partial charge in [-0.15, -0.1) is 0 Å². The first-order chi connectivity index (χ1) is 29.4. The second kappa shape index (κ2) is 19.1. The number of ether oxygens (including phenoxy) is 3. The lowest BCUT2D eigenvalue weighted by Crippen LogP contribution is -2.47. The van der Waals surface area contributed by atoms with Crippen molar-refractivity contribution < 1.29 is 33.7 Å². The number of nitrogens with two attached hydrogens (primary N) is 1. The van der Waals surface area contributed by atoms with Gasteiger partial charge in [-0.25, -0.2) is 4.98 Å². The van der Waals surface area contributed by atoms with Gasteiger partial charge in [0, 0.05) is 92.4 Å². The van der Waals surface area contributed by atoms with Crippen LogP contribution in [0.5, 0.6) is 0 Å². The molecule has 3 amide bonds. The van der Waals surface area contributed by atoms with Crippen molar-refractivity contribution >= 4 is 50.9 Å². The van der Waals surface area contributed by atoms with Gasteiger partial charge in [0.05, 0.1) is 79.5 Å². The number of carbonyl (C=O) groups is 3. The Balaban J connectivity index is 1.48. The molecule has 8 bridgehead atoms. The molecule has 0 aliphatic carbocycles. The fourth-order valence-electron chi connectivity index (χ4n) is 9.23. The summed E-state index contributed by atoms with van der Waals surface area (Å²) in [5.74, 6) is -1.40. The number of amides is 3. The van der Waals surface area contributed by atoms with Gasteiger partial charge < -0.3 is 39.9 Å². The van der Waals surface area contributed by atoms with Gasteiger partial charge in [-0.2, -0.15) is 0 Å². The first-order valence-electron chi connectivity index (χ1n) is 21.8. The molecule has 7 heterocycles. The highest BCUT2D eigenvalue weighted by Crippen LogP contribution is 2.44. The first-order valence-corrected chi connectivity index (χ1v) is 21.8. The van der Waals surface area contributed by atoms with Crippen LogP contribution in [-0.4, -0.2) is 143 Å². The van der Waals surface area contributed by atoms with E-state index in [9.17, 15) is 14.7 Å². The van der Waals surface area contributed by atoms with Gasteiger partial charge in [-0.1, -0.05) is 13.8 Å². The molecule has 3 aromatic rings. The Kier molecular flexibility index (Phi) is 13.9. The molecule has 15 nitrogen and oxygen atoms in total. The molecule has 0 spiro atoms. The number of hydrogen-bond donors (Lipinski definition) is 4. The minimum Gasteiger partial charge on any atom is -0.395 e. The number of hydrogen-bond acceptors (Lipinski definition) is 11. The molecular weight excluding hydrogens is 777 g/mol. The number of rotatable bonds is 16. The van der Waals surface area contributed by atoms with Crippen LogP contribution in [0.4, 0.5) is 0 Å². The average Bonchev–Trinajstić information content (AvgIpc) is 3.93. The fraction of sp³-hybridized carbons (Fsp3) is 0.543. The number of aliphatic hydroxyl groups is 1. The van der Waals surface area contributed by atoms with Crippen molar-refractivity contribution in [2.75, 3.05) is 86.0 Å².